The maximum absolute atomic E-state index is 12.9. The normalized spacial score (nSPS) is 12.5. The third-order valence-electron chi connectivity index (χ3n) is 2.48. The Hall–Kier alpha value is -1.05. The van der Waals surface area contributed by atoms with E-state index in [1.54, 1.807) is 6.07 Å². The fourth-order valence-corrected chi connectivity index (χ4v) is 1.64. The summed E-state index contributed by atoms with van der Waals surface area (Å²) in [5, 5.41) is 3.30. The molecule has 1 rings (SSSR count). The van der Waals surface area contributed by atoms with Gasteiger partial charge >= 0.3 is 0 Å². The first-order valence-corrected chi connectivity index (χ1v) is 5.74. The number of nitrogens with one attached hydrogen (secondary N) is 1. The highest BCUT2D eigenvalue weighted by molar-refractivity contribution is 5.43. The molecule has 0 aliphatic rings. The van der Waals surface area contributed by atoms with Gasteiger partial charge in [-0.3, -0.25) is 0 Å². The van der Waals surface area contributed by atoms with Crippen molar-refractivity contribution in [1.82, 2.24) is 0 Å². The van der Waals surface area contributed by atoms with Gasteiger partial charge < -0.3 is 5.32 Å². The molecule has 1 aromatic carbocycles. The second kappa shape index (κ2) is 6.44. The number of anilines is 1. The lowest BCUT2D eigenvalue weighted by atomic mass is 10.1. The summed E-state index contributed by atoms with van der Waals surface area (Å²) in [5.41, 5.74) is 0.874. The van der Waals surface area contributed by atoms with Crippen LogP contribution in [0.5, 0.6) is 0 Å². The van der Waals surface area contributed by atoms with E-state index in [9.17, 15) is 4.39 Å². The van der Waals surface area contributed by atoms with Crippen LogP contribution in [0.1, 0.15) is 39.5 Å². The molecule has 1 N–H and O–H groups in total. The minimum atomic E-state index is -0.180. The summed E-state index contributed by atoms with van der Waals surface area (Å²) in [4.78, 5) is 0. The van der Waals surface area contributed by atoms with Crippen molar-refractivity contribution in [3.05, 3.63) is 30.1 Å². The molecule has 0 bridgehead atoms. The summed E-state index contributed by atoms with van der Waals surface area (Å²) in [6, 6.07) is 7.05. The average Bonchev–Trinajstić information content (AvgIpc) is 2.18. The molecule has 0 aromatic heterocycles. The third kappa shape index (κ3) is 4.82. The van der Waals surface area contributed by atoms with Gasteiger partial charge in [0.25, 0.3) is 0 Å². The van der Waals surface area contributed by atoms with E-state index < -0.39 is 0 Å². The van der Waals surface area contributed by atoms with Crippen LogP contribution in [-0.4, -0.2) is 6.04 Å². The average molecular weight is 209 g/mol. The minimum Gasteiger partial charge on any atom is -0.383 e. The number of rotatable bonds is 6. The van der Waals surface area contributed by atoms with Crippen molar-refractivity contribution in [3.63, 3.8) is 0 Å². The van der Waals surface area contributed by atoms with Crippen LogP contribution in [0.25, 0.3) is 0 Å². The molecule has 1 nitrogen and oxygen atoms in total. The number of benzene rings is 1. The number of hydrogen-bond acceptors (Lipinski definition) is 1. The summed E-state index contributed by atoms with van der Waals surface area (Å²) in [5.74, 6) is -0.180. The van der Waals surface area contributed by atoms with Gasteiger partial charge in [0.2, 0.25) is 0 Å². The topological polar surface area (TPSA) is 12.0 Å². The smallest absolute Gasteiger partial charge is 0.125 e. The van der Waals surface area contributed by atoms with E-state index >= 15 is 0 Å². The molecule has 84 valence electrons. The predicted molar refractivity (Wildman–Crippen MR) is 63.6 cm³/mol. The van der Waals surface area contributed by atoms with Crippen LogP contribution in [-0.2, 0) is 0 Å². The lowest BCUT2D eigenvalue weighted by molar-refractivity contribution is 0.611. The molecule has 0 fully saturated rings. The van der Waals surface area contributed by atoms with Crippen molar-refractivity contribution in [2.45, 2.75) is 45.6 Å². The maximum atomic E-state index is 12.9. The van der Waals surface area contributed by atoms with E-state index in [4.69, 9.17) is 0 Å². The molecular formula is C13H20FN. The molecule has 15 heavy (non-hydrogen) atoms. The zero-order valence-corrected chi connectivity index (χ0v) is 9.59. The molecule has 2 heteroatoms. The molecule has 0 saturated heterocycles. The number of hydrogen-bond donors (Lipinski definition) is 1. The highest BCUT2D eigenvalue weighted by Gasteiger charge is 2.01. The summed E-state index contributed by atoms with van der Waals surface area (Å²) >= 11 is 0. The van der Waals surface area contributed by atoms with E-state index in [2.05, 4.69) is 19.2 Å². The van der Waals surface area contributed by atoms with E-state index in [1.807, 2.05) is 6.07 Å². The van der Waals surface area contributed by atoms with Gasteiger partial charge in [-0.2, -0.15) is 0 Å². The lowest BCUT2D eigenvalue weighted by Crippen LogP contribution is -2.14. The molecular weight excluding hydrogens is 189 g/mol. The first-order chi connectivity index (χ1) is 7.22. The third-order valence-corrected chi connectivity index (χ3v) is 2.48. The second-order valence-electron chi connectivity index (χ2n) is 4.05. The largest absolute Gasteiger partial charge is 0.383 e. The second-order valence-corrected chi connectivity index (χ2v) is 4.05. The molecule has 0 aliphatic carbocycles. The van der Waals surface area contributed by atoms with Gasteiger partial charge in [0.15, 0.2) is 0 Å². The Labute approximate surface area is 91.7 Å². The van der Waals surface area contributed by atoms with Crippen LogP contribution < -0.4 is 5.32 Å². The van der Waals surface area contributed by atoms with Gasteiger partial charge in [-0.15, -0.1) is 0 Å². The molecule has 1 aromatic rings. The Kier molecular flexibility index (Phi) is 5.16. The van der Waals surface area contributed by atoms with Crippen molar-refractivity contribution in [3.8, 4) is 0 Å². The first-order valence-electron chi connectivity index (χ1n) is 5.74. The number of halogens is 1. The monoisotopic (exact) mass is 209 g/mol. The highest BCUT2D eigenvalue weighted by atomic mass is 19.1. The van der Waals surface area contributed by atoms with Gasteiger partial charge in [0.1, 0.15) is 5.82 Å². The van der Waals surface area contributed by atoms with Crippen LogP contribution in [0.3, 0.4) is 0 Å². The molecule has 0 amide bonds. The Bertz CT molecular complexity index is 286. The predicted octanol–water partition coefficient (Wildman–Crippen LogP) is 4.21. The molecule has 0 aliphatic heterocycles. The summed E-state index contributed by atoms with van der Waals surface area (Å²) in [6.07, 6.45) is 4.90. The SMILES string of the molecule is CCCCCC(C)Nc1cccc(F)c1. The van der Waals surface area contributed by atoms with Crippen molar-refractivity contribution >= 4 is 5.69 Å². The zero-order chi connectivity index (χ0) is 11.1. The molecule has 0 spiro atoms. The van der Waals surface area contributed by atoms with Crippen LogP contribution in [0.15, 0.2) is 24.3 Å². The van der Waals surface area contributed by atoms with E-state index in [0.29, 0.717) is 6.04 Å². The van der Waals surface area contributed by atoms with E-state index in [0.717, 1.165) is 12.1 Å². The summed E-state index contributed by atoms with van der Waals surface area (Å²) in [7, 11) is 0. The molecule has 0 heterocycles. The van der Waals surface area contributed by atoms with Gasteiger partial charge in [0, 0.05) is 11.7 Å². The highest BCUT2D eigenvalue weighted by Crippen LogP contribution is 2.13. The fraction of sp³-hybridized carbons (Fsp3) is 0.538. The van der Waals surface area contributed by atoms with Crippen molar-refractivity contribution in [2.75, 3.05) is 5.32 Å². The lowest BCUT2D eigenvalue weighted by Gasteiger charge is -2.14. The standard InChI is InChI=1S/C13H20FN/c1-3-4-5-7-11(2)15-13-9-6-8-12(14)10-13/h6,8-11,15H,3-5,7H2,1-2H3. The summed E-state index contributed by atoms with van der Waals surface area (Å²) < 4.78 is 12.9. The van der Waals surface area contributed by atoms with Crippen LogP contribution in [0, 0.1) is 5.82 Å². The van der Waals surface area contributed by atoms with Gasteiger partial charge in [-0.1, -0.05) is 32.3 Å². The van der Waals surface area contributed by atoms with Crippen LogP contribution in [0.4, 0.5) is 10.1 Å². The van der Waals surface area contributed by atoms with Crippen molar-refractivity contribution < 1.29 is 4.39 Å². The van der Waals surface area contributed by atoms with Gasteiger partial charge in [-0.05, 0) is 31.5 Å². The minimum absolute atomic E-state index is 0.180. The van der Waals surface area contributed by atoms with Crippen molar-refractivity contribution in [1.29, 1.82) is 0 Å². The Morgan fingerprint density at radius 1 is 1.33 bits per heavy atom. The van der Waals surface area contributed by atoms with Crippen LogP contribution in [0.2, 0.25) is 0 Å². The number of unbranched alkanes of at least 4 members (excludes halogenated alkanes) is 2. The van der Waals surface area contributed by atoms with Gasteiger partial charge in [-0.25, -0.2) is 4.39 Å². The fourth-order valence-electron chi connectivity index (χ4n) is 1.64. The Morgan fingerprint density at radius 3 is 2.80 bits per heavy atom. The van der Waals surface area contributed by atoms with Gasteiger partial charge in [0.05, 0.1) is 0 Å². The van der Waals surface area contributed by atoms with Crippen molar-refractivity contribution in [2.24, 2.45) is 0 Å². The molecule has 0 radical (unpaired) electrons. The first kappa shape index (κ1) is 12.0. The quantitative estimate of drug-likeness (QED) is 0.692. The molecule has 0 saturated carbocycles. The molecule has 1 unspecified atom stereocenters. The van der Waals surface area contributed by atoms with Crippen LogP contribution >= 0.6 is 0 Å². The maximum Gasteiger partial charge on any atom is 0.125 e. The summed E-state index contributed by atoms with van der Waals surface area (Å²) in [6.45, 7) is 4.34. The zero-order valence-electron chi connectivity index (χ0n) is 9.59. The van der Waals surface area contributed by atoms with E-state index in [1.165, 1.54) is 31.4 Å². The Balaban J connectivity index is 2.34. The van der Waals surface area contributed by atoms with E-state index in [-0.39, 0.29) is 5.82 Å². The Morgan fingerprint density at radius 2 is 2.13 bits per heavy atom. The molecule has 1 atom stereocenters.